The van der Waals surface area contributed by atoms with Crippen LogP contribution >= 0.6 is 11.3 Å². The third-order valence-corrected chi connectivity index (χ3v) is 5.69. The van der Waals surface area contributed by atoms with Gasteiger partial charge in [-0.15, -0.1) is 16.4 Å². The molecule has 7 nitrogen and oxygen atoms in total. The zero-order chi connectivity index (χ0) is 14.4. The van der Waals surface area contributed by atoms with Crippen molar-refractivity contribution in [3.05, 3.63) is 29.4 Å². The Morgan fingerprint density at radius 2 is 2.25 bits per heavy atom. The first-order valence-corrected chi connectivity index (χ1v) is 8.45. The van der Waals surface area contributed by atoms with Crippen molar-refractivity contribution in [1.82, 2.24) is 19.7 Å². The normalized spacial score (nSPS) is 11.8. The van der Waals surface area contributed by atoms with Crippen molar-refractivity contribution in [3.8, 4) is 0 Å². The fourth-order valence-corrected chi connectivity index (χ4v) is 4.08. The van der Waals surface area contributed by atoms with Crippen LogP contribution in [0.1, 0.15) is 11.3 Å². The number of aryl methyl sites for hydroxylation is 1. The zero-order valence-corrected chi connectivity index (χ0v) is 12.4. The highest BCUT2D eigenvalue weighted by Crippen LogP contribution is 2.21. The molecule has 0 unspecified atom stereocenters. The number of sulfonamides is 1. The second-order valence-corrected chi connectivity index (χ2v) is 7.27. The quantitative estimate of drug-likeness (QED) is 0.680. The summed E-state index contributed by atoms with van der Waals surface area (Å²) >= 11 is 1.18. The molecule has 0 saturated carbocycles. The minimum Gasteiger partial charge on any atom is -0.396 e. The number of thiophene rings is 1. The van der Waals surface area contributed by atoms with Gasteiger partial charge in [0.1, 0.15) is 4.21 Å². The van der Waals surface area contributed by atoms with Crippen LogP contribution in [0.5, 0.6) is 0 Å². The van der Waals surface area contributed by atoms with Gasteiger partial charge in [0.25, 0.3) is 0 Å². The highest BCUT2D eigenvalue weighted by atomic mass is 32.2. The van der Waals surface area contributed by atoms with Crippen LogP contribution in [-0.2, 0) is 23.0 Å². The smallest absolute Gasteiger partial charge is 0.250 e. The number of aliphatic hydroxyl groups is 1. The molecule has 0 fully saturated rings. The van der Waals surface area contributed by atoms with Crippen molar-refractivity contribution in [2.75, 3.05) is 13.2 Å². The SMILES string of the molecule is O=S(=O)(NCCCn1ccnn1)c1ccc(CCO)s1. The first-order valence-electron chi connectivity index (χ1n) is 6.15. The van der Waals surface area contributed by atoms with E-state index >= 15 is 0 Å². The third kappa shape index (κ3) is 4.10. The molecule has 0 atom stereocenters. The van der Waals surface area contributed by atoms with E-state index in [-0.39, 0.29) is 10.8 Å². The lowest BCUT2D eigenvalue weighted by Gasteiger charge is -2.04. The van der Waals surface area contributed by atoms with Crippen LogP contribution < -0.4 is 4.72 Å². The molecule has 2 aromatic heterocycles. The number of nitrogens with zero attached hydrogens (tertiary/aromatic N) is 3. The molecule has 2 aromatic rings. The molecule has 0 amide bonds. The van der Waals surface area contributed by atoms with Crippen LogP contribution in [0.2, 0.25) is 0 Å². The van der Waals surface area contributed by atoms with E-state index in [1.165, 1.54) is 11.3 Å². The van der Waals surface area contributed by atoms with Crippen molar-refractivity contribution < 1.29 is 13.5 Å². The number of hydrogen-bond donors (Lipinski definition) is 2. The highest BCUT2D eigenvalue weighted by Gasteiger charge is 2.15. The minimum absolute atomic E-state index is 0.0192. The van der Waals surface area contributed by atoms with Gasteiger partial charge in [-0.3, -0.25) is 4.68 Å². The molecule has 0 saturated heterocycles. The van der Waals surface area contributed by atoms with E-state index in [1.54, 1.807) is 29.2 Å². The van der Waals surface area contributed by atoms with Gasteiger partial charge in [-0.2, -0.15) is 0 Å². The standard InChI is InChI=1S/C11H16N4O3S2/c16-9-4-10-2-3-11(19-10)20(17,18)13-5-1-7-15-8-6-12-14-15/h2-3,6,8,13,16H,1,4-5,7,9H2. The topological polar surface area (TPSA) is 97.1 Å². The van der Waals surface area contributed by atoms with Gasteiger partial charge in [0.2, 0.25) is 10.0 Å². The van der Waals surface area contributed by atoms with Gasteiger partial charge < -0.3 is 5.11 Å². The van der Waals surface area contributed by atoms with Crippen LogP contribution in [-0.4, -0.2) is 41.7 Å². The van der Waals surface area contributed by atoms with E-state index in [0.29, 0.717) is 25.9 Å². The maximum atomic E-state index is 12.0. The van der Waals surface area contributed by atoms with Crippen molar-refractivity contribution in [1.29, 1.82) is 0 Å². The van der Waals surface area contributed by atoms with E-state index < -0.39 is 10.0 Å². The molecule has 20 heavy (non-hydrogen) atoms. The third-order valence-electron chi connectivity index (χ3n) is 2.59. The second kappa shape index (κ2) is 6.93. The summed E-state index contributed by atoms with van der Waals surface area (Å²) in [5.74, 6) is 0. The summed E-state index contributed by atoms with van der Waals surface area (Å²) in [6, 6.07) is 3.29. The van der Waals surface area contributed by atoms with Crippen molar-refractivity contribution >= 4 is 21.4 Å². The monoisotopic (exact) mass is 316 g/mol. The summed E-state index contributed by atoms with van der Waals surface area (Å²) in [7, 11) is -3.46. The van der Waals surface area contributed by atoms with E-state index in [1.807, 2.05) is 0 Å². The summed E-state index contributed by atoms with van der Waals surface area (Å²) in [5, 5.41) is 16.3. The first kappa shape index (κ1) is 15.1. The predicted octanol–water partition coefficient (Wildman–Crippen LogP) is 0.243. The molecule has 2 heterocycles. The molecule has 0 radical (unpaired) electrons. The van der Waals surface area contributed by atoms with Gasteiger partial charge in [-0.05, 0) is 18.6 Å². The average Bonchev–Trinajstić information content (AvgIpc) is 3.06. The number of nitrogens with one attached hydrogen (secondary N) is 1. The average molecular weight is 316 g/mol. The Morgan fingerprint density at radius 1 is 1.40 bits per heavy atom. The molecule has 2 N–H and O–H groups in total. The van der Waals surface area contributed by atoms with Crippen LogP contribution in [0.25, 0.3) is 0 Å². The Hall–Kier alpha value is -1.29. The zero-order valence-electron chi connectivity index (χ0n) is 10.8. The predicted molar refractivity (Wildman–Crippen MR) is 74.9 cm³/mol. The van der Waals surface area contributed by atoms with Gasteiger partial charge in [-0.1, -0.05) is 5.21 Å². The summed E-state index contributed by atoms with van der Waals surface area (Å²) < 4.78 is 28.5. The fourth-order valence-electron chi connectivity index (χ4n) is 1.62. The van der Waals surface area contributed by atoms with E-state index in [2.05, 4.69) is 15.0 Å². The maximum Gasteiger partial charge on any atom is 0.250 e. The van der Waals surface area contributed by atoms with E-state index in [4.69, 9.17) is 5.11 Å². The fraction of sp³-hybridized carbons (Fsp3) is 0.455. The van der Waals surface area contributed by atoms with Crippen LogP contribution in [0.3, 0.4) is 0 Å². The maximum absolute atomic E-state index is 12.0. The Kier molecular flexibility index (Phi) is 5.24. The second-order valence-electron chi connectivity index (χ2n) is 4.11. The summed E-state index contributed by atoms with van der Waals surface area (Å²) in [6.45, 7) is 0.976. The van der Waals surface area contributed by atoms with Gasteiger partial charge in [0.15, 0.2) is 0 Å². The molecular formula is C11H16N4O3S2. The number of rotatable bonds is 8. The Bertz CT molecular complexity index is 622. The van der Waals surface area contributed by atoms with E-state index in [0.717, 1.165) is 4.88 Å². The van der Waals surface area contributed by atoms with Gasteiger partial charge in [0.05, 0.1) is 6.20 Å². The van der Waals surface area contributed by atoms with Gasteiger partial charge >= 0.3 is 0 Å². The minimum atomic E-state index is -3.46. The number of hydrogen-bond acceptors (Lipinski definition) is 6. The molecule has 0 aliphatic rings. The molecule has 2 rings (SSSR count). The molecule has 0 bridgehead atoms. The van der Waals surface area contributed by atoms with Crippen molar-refractivity contribution in [3.63, 3.8) is 0 Å². The van der Waals surface area contributed by atoms with Crippen molar-refractivity contribution in [2.24, 2.45) is 0 Å². The van der Waals surface area contributed by atoms with Crippen LogP contribution in [0.4, 0.5) is 0 Å². The Balaban J connectivity index is 1.83. The lowest BCUT2D eigenvalue weighted by molar-refractivity contribution is 0.300. The summed E-state index contributed by atoms with van der Waals surface area (Å²) in [6.07, 6.45) is 4.43. The molecule has 0 aliphatic carbocycles. The largest absolute Gasteiger partial charge is 0.396 e. The molecule has 0 aliphatic heterocycles. The highest BCUT2D eigenvalue weighted by molar-refractivity contribution is 7.91. The van der Waals surface area contributed by atoms with Crippen LogP contribution in [0.15, 0.2) is 28.7 Å². The van der Waals surface area contributed by atoms with Gasteiger partial charge in [-0.25, -0.2) is 13.1 Å². The lowest BCUT2D eigenvalue weighted by Crippen LogP contribution is -2.24. The molecule has 9 heteroatoms. The Morgan fingerprint density at radius 3 is 2.95 bits per heavy atom. The van der Waals surface area contributed by atoms with Crippen LogP contribution in [0, 0.1) is 0 Å². The number of aliphatic hydroxyl groups excluding tert-OH is 1. The molecule has 0 spiro atoms. The van der Waals surface area contributed by atoms with Crippen molar-refractivity contribution in [2.45, 2.75) is 23.6 Å². The molecular weight excluding hydrogens is 300 g/mol. The van der Waals surface area contributed by atoms with E-state index in [9.17, 15) is 8.42 Å². The first-order chi connectivity index (χ1) is 9.62. The summed E-state index contributed by atoms with van der Waals surface area (Å²) in [4.78, 5) is 0.857. The Labute approximate surface area is 121 Å². The number of aromatic nitrogens is 3. The lowest BCUT2D eigenvalue weighted by atomic mass is 10.4. The summed E-state index contributed by atoms with van der Waals surface area (Å²) in [5.41, 5.74) is 0. The molecule has 0 aromatic carbocycles. The van der Waals surface area contributed by atoms with Gasteiger partial charge in [0, 0.05) is 37.2 Å². The molecule has 110 valence electrons.